The number of hydrogen-bond acceptors (Lipinski definition) is 4. The zero-order chi connectivity index (χ0) is 32.6. The summed E-state index contributed by atoms with van der Waals surface area (Å²) in [6, 6.07) is 29.0. The Morgan fingerprint density at radius 3 is 2.07 bits per heavy atom. The van der Waals surface area contributed by atoms with Gasteiger partial charge in [0.05, 0.1) is 10.6 Å². The third-order valence-corrected chi connectivity index (χ3v) is 9.80. The monoisotopic (exact) mass is 645 g/mol. The van der Waals surface area contributed by atoms with Crippen LogP contribution >= 0.6 is 11.6 Å². The Hall–Kier alpha value is -4.14. The van der Waals surface area contributed by atoms with Crippen molar-refractivity contribution in [2.45, 2.75) is 51.6 Å². The first-order valence-corrected chi connectivity index (χ1v) is 16.8. The van der Waals surface area contributed by atoms with Gasteiger partial charge in [-0.2, -0.15) is 0 Å². The number of rotatable bonds is 13. The first-order chi connectivity index (χ1) is 21.5. The third kappa shape index (κ3) is 8.74. The summed E-state index contributed by atoms with van der Waals surface area (Å²) in [5.41, 5.74) is 3.74. The number of benzene rings is 4. The standard InChI is InChI=1S/C36H40ClN3O4S/c1-26(2)23-38-36(42)34(22-29-13-7-5-8-14-29)39(24-30-15-11-12-18-33(30)37)35(41)25-40(31-20-19-27(3)28(4)21-31)45(43,44)32-16-9-6-10-17-32/h5-21,26,34H,22-25H2,1-4H3,(H,38,42). The van der Waals surface area contributed by atoms with Crippen LogP contribution in [0.5, 0.6) is 0 Å². The van der Waals surface area contributed by atoms with Gasteiger partial charge in [0.25, 0.3) is 10.0 Å². The number of sulfonamides is 1. The number of amides is 2. The largest absolute Gasteiger partial charge is 0.354 e. The molecule has 4 aromatic rings. The second-order valence-corrected chi connectivity index (χ2v) is 13.8. The molecule has 4 aromatic carbocycles. The molecule has 7 nitrogen and oxygen atoms in total. The molecule has 0 fully saturated rings. The summed E-state index contributed by atoms with van der Waals surface area (Å²) in [4.78, 5) is 29.9. The number of aryl methyl sites for hydroxylation is 2. The van der Waals surface area contributed by atoms with E-state index < -0.39 is 28.5 Å². The molecule has 1 unspecified atom stereocenters. The van der Waals surface area contributed by atoms with Gasteiger partial charge in [0.15, 0.2) is 0 Å². The van der Waals surface area contributed by atoms with Gasteiger partial charge < -0.3 is 10.2 Å². The summed E-state index contributed by atoms with van der Waals surface area (Å²) in [6.07, 6.45) is 0.232. The van der Waals surface area contributed by atoms with Crippen molar-refractivity contribution in [1.82, 2.24) is 10.2 Å². The molecule has 0 radical (unpaired) electrons. The lowest BCUT2D eigenvalue weighted by molar-refractivity contribution is -0.140. The molecule has 45 heavy (non-hydrogen) atoms. The summed E-state index contributed by atoms with van der Waals surface area (Å²) in [5, 5.41) is 3.44. The molecule has 4 rings (SSSR count). The first-order valence-electron chi connectivity index (χ1n) is 15.0. The van der Waals surface area contributed by atoms with Gasteiger partial charge in [-0.05, 0) is 72.4 Å². The maximum Gasteiger partial charge on any atom is 0.264 e. The van der Waals surface area contributed by atoms with Crippen molar-refractivity contribution in [3.63, 3.8) is 0 Å². The summed E-state index contributed by atoms with van der Waals surface area (Å²) in [5.74, 6) is -0.666. The van der Waals surface area contributed by atoms with Gasteiger partial charge in [0, 0.05) is 24.5 Å². The molecular weight excluding hydrogens is 606 g/mol. The quantitative estimate of drug-likeness (QED) is 0.178. The first kappa shape index (κ1) is 33.7. The lowest BCUT2D eigenvalue weighted by Crippen LogP contribution is -2.53. The van der Waals surface area contributed by atoms with E-state index in [-0.39, 0.29) is 29.7 Å². The van der Waals surface area contributed by atoms with Crippen LogP contribution in [0.25, 0.3) is 0 Å². The second-order valence-electron chi connectivity index (χ2n) is 11.6. The molecule has 0 aliphatic rings. The van der Waals surface area contributed by atoms with Crippen LogP contribution in [-0.4, -0.2) is 44.3 Å². The van der Waals surface area contributed by atoms with E-state index in [9.17, 15) is 18.0 Å². The van der Waals surface area contributed by atoms with Crippen molar-refractivity contribution in [3.8, 4) is 0 Å². The lowest BCUT2D eigenvalue weighted by atomic mass is 10.0. The molecule has 0 spiro atoms. The summed E-state index contributed by atoms with van der Waals surface area (Å²) < 4.78 is 29.4. The van der Waals surface area contributed by atoms with Crippen LogP contribution in [0.3, 0.4) is 0 Å². The van der Waals surface area contributed by atoms with Crippen molar-refractivity contribution in [2.75, 3.05) is 17.4 Å². The van der Waals surface area contributed by atoms with Crippen LogP contribution in [0.15, 0.2) is 108 Å². The van der Waals surface area contributed by atoms with Gasteiger partial charge in [-0.1, -0.05) is 98.2 Å². The maximum absolute atomic E-state index is 14.5. The fourth-order valence-corrected chi connectivity index (χ4v) is 6.54. The second kappa shape index (κ2) is 15.2. The van der Waals surface area contributed by atoms with Crippen molar-refractivity contribution >= 4 is 39.1 Å². The highest BCUT2D eigenvalue weighted by Crippen LogP contribution is 2.27. The fraction of sp³-hybridized carbons (Fsp3) is 0.278. The van der Waals surface area contributed by atoms with Crippen LogP contribution in [-0.2, 0) is 32.6 Å². The van der Waals surface area contributed by atoms with E-state index in [0.29, 0.717) is 22.8 Å². The SMILES string of the molecule is Cc1ccc(N(CC(=O)N(Cc2ccccc2Cl)C(Cc2ccccc2)C(=O)NCC(C)C)S(=O)(=O)c2ccccc2)cc1C. The van der Waals surface area contributed by atoms with Gasteiger partial charge in [-0.15, -0.1) is 0 Å². The summed E-state index contributed by atoms with van der Waals surface area (Å²) >= 11 is 6.56. The predicted octanol–water partition coefficient (Wildman–Crippen LogP) is 6.56. The Labute approximate surface area is 271 Å². The zero-order valence-corrected chi connectivity index (χ0v) is 27.7. The van der Waals surface area contributed by atoms with E-state index in [2.05, 4.69) is 5.32 Å². The molecule has 0 saturated heterocycles. The predicted molar refractivity (Wildman–Crippen MR) is 181 cm³/mol. The number of carbonyl (C=O) groups excluding carboxylic acids is 2. The van der Waals surface area contributed by atoms with Crippen LogP contribution in [0.2, 0.25) is 5.02 Å². The van der Waals surface area contributed by atoms with Gasteiger partial charge in [0.2, 0.25) is 11.8 Å². The molecule has 9 heteroatoms. The molecular formula is C36H40ClN3O4S. The highest BCUT2D eigenvalue weighted by Gasteiger charge is 2.35. The van der Waals surface area contributed by atoms with Crippen LogP contribution in [0, 0.1) is 19.8 Å². The van der Waals surface area contributed by atoms with Crippen molar-refractivity contribution in [2.24, 2.45) is 5.92 Å². The summed E-state index contributed by atoms with van der Waals surface area (Å²) in [7, 11) is -4.16. The number of anilines is 1. The molecule has 2 amide bonds. The Balaban J connectivity index is 1.82. The smallest absolute Gasteiger partial charge is 0.264 e. The minimum atomic E-state index is -4.16. The molecule has 0 aliphatic heterocycles. The molecule has 0 aliphatic carbocycles. The van der Waals surface area contributed by atoms with Crippen LogP contribution < -0.4 is 9.62 Å². The maximum atomic E-state index is 14.5. The van der Waals surface area contributed by atoms with Crippen molar-refractivity contribution < 1.29 is 18.0 Å². The van der Waals surface area contributed by atoms with Gasteiger partial charge in [-0.25, -0.2) is 8.42 Å². The van der Waals surface area contributed by atoms with Gasteiger partial charge in [-0.3, -0.25) is 13.9 Å². The Kier molecular flexibility index (Phi) is 11.4. The molecule has 1 N–H and O–H groups in total. The van der Waals surface area contributed by atoms with E-state index in [1.165, 1.54) is 17.0 Å². The van der Waals surface area contributed by atoms with E-state index in [1.54, 1.807) is 48.5 Å². The van der Waals surface area contributed by atoms with E-state index in [0.717, 1.165) is 21.0 Å². The topological polar surface area (TPSA) is 86.8 Å². The number of nitrogens with zero attached hydrogens (tertiary/aromatic N) is 2. The van der Waals surface area contributed by atoms with Crippen LogP contribution in [0.4, 0.5) is 5.69 Å². The number of carbonyl (C=O) groups is 2. The molecule has 236 valence electrons. The highest BCUT2D eigenvalue weighted by atomic mass is 35.5. The Bertz CT molecular complexity index is 1710. The van der Waals surface area contributed by atoms with Crippen molar-refractivity contribution in [3.05, 3.63) is 130 Å². The summed E-state index contributed by atoms with van der Waals surface area (Å²) in [6.45, 7) is 7.74. The minimum absolute atomic E-state index is 0.0112. The Morgan fingerprint density at radius 2 is 1.44 bits per heavy atom. The molecule has 0 bridgehead atoms. The highest BCUT2D eigenvalue weighted by molar-refractivity contribution is 7.92. The normalized spacial score (nSPS) is 12.0. The van der Waals surface area contributed by atoms with Crippen LogP contribution in [0.1, 0.15) is 36.1 Å². The van der Waals surface area contributed by atoms with E-state index in [1.807, 2.05) is 70.2 Å². The molecule has 1 atom stereocenters. The average molecular weight is 646 g/mol. The van der Waals surface area contributed by atoms with Crippen molar-refractivity contribution in [1.29, 1.82) is 0 Å². The molecule has 0 aromatic heterocycles. The van der Waals surface area contributed by atoms with E-state index in [4.69, 9.17) is 11.6 Å². The van der Waals surface area contributed by atoms with Gasteiger partial charge >= 0.3 is 0 Å². The Morgan fingerprint density at radius 1 is 0.822 bits per heavy atom. The average Bonchev–Trinajstić information content (AvgIpc) is 3.03. The van der Waals surface area contributed by atoms with E-state index >= 15 is 0 Å². The fourth-order valence-electron chi connectivity index (χ4n) is 4.92. The minimum Gasteiger partial charge on any atom is -0.354 e. The number of nitrogens with one attached hydrogen (secondary N) is 1. The zero-order valence-electron chi connectivity index (χ0n) is 26.1. The third-order valence-electron chi connectivity index (χ3n) is 7.64. The number of hydrogen-bond donors (Lipinski definition) is 1. The lowest BCUT2D eigenvalue weighted by Gasteiger charge is -2.34. The molecule has 0 heterocycles. The van der Waals surface area contributed by atoms with Gasteiger partial charge in [0.1, 0.15) is 12.6 Å². The molecule has 0 saturated carbocycles. The number of halogens is 1.